The third-order valence-corrected chi connectivity index (χ3v) is 2.49. The van der Waals surface area contributed by atoms with Gasteiger partial charge in [0.05, 0.1) is 0 Å². The van der Waals surface area contributed by atoms with Crippen LogP contribution in [0.3, 0.4) is 0 Å². The summed E-state index contributed by atoms with van der Waals surface area (Å²) in [6, 6.07) is 1.42. The Morgan fingerprint density at radius 2 is 2.29 bits per heavy atom. The zero-order valence-electron chi connectivity index (χ0n) is 7.86. The van der Waals surface area contributed by atoms with Crippen LogP contribution in [0.2, 0.25) is 0 Å². The van der Waals surface area contributed by atoms with Crippen LogP contribution in [0, 0.1) is 0 Å². The Hall–Kier alpha value is -1.56. The SMILES string of the molecule is CC1NCCn2c1cc(=O)n(N)c2=O. The van der Waals surface area contributed by atoms with E-state index < -0.39 is 11.2 Å². The maximum atomic E-state index is 11.6. The van der Waals surface area contributed by atoms with Crippen LogP contribution in [-0.2, 0) is 6.54 Å². The lowest BCUT2D eigenvalue weighted by Crippen LogP contribution is -2.49. The van der Waals surface area contributed by atoms with E-state index in [0.717, 1.165) is 0 Å². The van der Waals surface area contributed by atoms with Crippen LogP contribution in [0.25, 0.3) is 0 Å². The number of rotatable bonds is 0. The highest BCUT2D eigenvalue weighted by atomic mass is 16.2. The Morgan fingerprint density at radius 3 is 3.00 bits per heavy atom. The number of hydrogen-bond acceptors (Lipinski definition) is 4. The van der Waals surface area contributed by atoms with Crippen molar-refractivity contribution in [3.05, 3.63) is 32.6 Å². The van der Waals surface area contributed by atoms with Gasteiger partial charge in [-0.15, -0.1) is 0 Å². The predicted octanol–water partition coefficient (Wildman–Crippen LogP) is -1.61. The quantitative estimate of drug-likeness (QED) is 0.489. The fourth-order valence-electron chi connectivity index (χ4n) is 1.69. The average molecular weight is 196 g/mol. The minimum Gasteiger partial charge on any atom is -0.332 e. The number of nitrogens with zero attached hydrogens (tertiary/aromatic N) is 2. The van der Waals surface area contributed by atoms with Gasteiger partial charge in [0.25, 0.3) is 5.56 Å². The van der Waals surface area contributed by atoms with Gasteiger partial charge in [0, 0.05) is 30.9 Å². The molecule has 0 aromatic carbocycles. The molecule has 1 aromatic heterocycles. The molecule has 0 saturated carbocycles. The van der Waals surface area contributed by atoms with Gasteiger partial charge in [0.2, 0.25) is 0 Å². The third-order valence-electron chi connectivity index (χ3n) is 2.49. The maximum absolute atomic E-state index is 11.6. The molecule has 1 aromatic rings. The number of nitrogens with two attached hydrogens (primary N) is 1. The molecule has 1 aliphatic rings. The Morgan fingerprint density at radius 1 is 1.57 bits per heavy atom. The summed E-state index contributed by atoms with van der Waals surface area (Å²) in [5.41, 5.74) is -0.203. The molecular weight excluding hydrogens is 184 g/mol. The lowest BCUT2D eigenvalue weighted by atomic mass is 10.2. The summed E-state index contributed by atoms with van der Waals surface area (Å²) in [5.74, 6) is 5.30. The van der Waals surface area contributed by atoms with Crippen molar-refractivity contribution in [3.8, 4) is 0 Å². The summed E-state index contributed by atoms with van der Waals surface area (Å²) in [6.07, 6.45) is 0. The number of nitrogen functional groups attached to an aromatic ring is 1. The van der Waals surface area contributed by atoms with Crippen molar-refractivity contribution in [1.82, 2.24) is 14.6 Å². The van der Waals surface area contributed by atoms with Crippen LogP contribution in [0.1, 0.15) is 18.7 Å². The molecule has 2 rings (SSSR count). The molecule has 0 spiro atoms. The standard InChI is InChI=1S/C8H12N4O2/c1-5-6-4-7(13)12(9)8(14)11(6)3-2-10-5/h4-5,10H,2-3,9H2,1H3. The summed E-state index contributed by atoms with van der Waals surface area (Å²) < 4.78 is 2.17. The Kier molecular flexibility index (Phi) is 1.92. The van der Waals surface area contributed by atoms with Gasteiger partial charge in [-0.25, -0.2) is 4.79 Å². The zero-order chi connectivity index (χ0) is 10.3. The topological polar surface area (TPSA) is 82.1 Å². The molecule has 0 bridgehead atoms. The van der Waals surface area contributed by atoms with Crippen LogP contribution in [0.5, 0.6) is 0 Å². The molecule has 3 N–H and O–H groups in total. The van der Waals surface area contributed by atoms with Crippen LogP contribution in [0.15, 0.2) is 15.7 Å². The van der Waals surface area contributed by atoms with E-state index in [-0.39, 0.29) is 6.04 Å². The van der Waals surface area contributed by atoms with Gasteiger partial charge in [-0.1, -0.05) is 0 Å². The monoisotopic (exact) mass is 196 g/mol. The highest BCUT2D eigenvalue weighted by molar-refractivity contribution is 5.09. The minimum atomic E-state index is -0.461. The van der Waals surface area contributed by atoms with Crippen molar-refractivity contribution in [2.45, 2.75) is 19.5 Å². The first-order valence-electron chi connectivity index (χ1n) is 4.46. The Bertz CT molecular complexity index is 473. The molecule has 1 aliphatic heterocycles. The fourth-order valence-corrected chi connectivity index (χ4v) is 1.69. The van der Waals surface area contributed by atoms with Crippen LogP contribution >= 0.6 is 0 Å². The van der Waals surface area contributed by atoms with Crippen LogP contribution in [-0.4, -0.2) is 15.8 Å². The van der Waals surface area contributed by atoms with Gasteiger partial charge < -0.3 is 11.2 Å². The molecule has 2 heterocycles. The maximum Gasteiger partial charge on any atom is 0.350 e. The molecule has 14 heavy (non-hydrogen) atoms. The molecule has 1 unspecified atom stereocenters. The highest BCUT2D eigenvalue weighted by Gasteiger charge is 2.18. The molecule has 1 atom stereocenters. The second-order valence-corrected chi connectivity index (χ2v) is 3.39. The first-order valence-corrected chi connectivity index (χ1v) is 4.46. The van der Waals surface area contributed by atoms with E-state index >= 15 is 0 Å². The first kappa shape index (κ1) is 9.01. The molecule has 0 aliphatic carbocycles. The van der Waals surface area contributed by atoms with Crippen molar-refractivity contribution in [3.63, 3.8) is 0 Å². The largest absolute Gasteiger partial charge is 0.350 e. The molecule has 0 saturated heterocycles. The lowest BCUT2D eigenvalue weighted by Gasteiger charge is -2.25. The number of fused-ring (bicyclic) bond motifs is 1. The van der Waals surface area contributed by atoms with E-state index in [1.807, 2.05) is 6.92 Å². The first-order chi connectivity index (χ1) is 6.61. The summed E-state index contributed by atoms with van der Waals surface area (Å²) in [7, 11) is 0. The Labute approximate surface area is 79.9 Å². The smallest absolute Gasteiger partial charge is 0.332 e. The molecule has 76 valence electrons. The minimum absolute atomic E-state index is 0.0188. The molecular formula is C8H12N4O2. The highest BCUT2D eigenvalue weighted by Crippen LogP contribution is 2.11. The predicted molar refractivity (Wildman–Crippen MR) is 51.5 cm³/mol. The summed E-state index contributed by atoms with van der Waals surface area (Å²) >= 11 is 0. The van der Waals surface area contributed by atoms with Gasteiger partial charge in [0.1, 0.15) is 0 Å². The summed E-state index contributed by atoms with van der Waals surface area (Å²) in [5, 5.41) is 3.16. The van der Waals surface area contributed by atoms with Gasteiger partial charge in [-0.3, -0.25) is 9.36 Å². The average Bonchev–Trinajstić information content (AvgIpc) is 2.17. The molecule has 0 radical (unpaired) electrons. The van der Waals surface area contributed by atoms with Crippen molar-refractivity contribution in [2.75, 3.05) is 12.4 Å². The van der Waals surface area contributed by atoms with Gasteiger partial charge in [-0.2, -0.15) is 4.68 Å². The summed E-state index contributed by atoms with van der Waals surface area (Å²) in [4.78, 5) is 22.8. The van der Waals surface area contributed by atoms with Crippen LogP contribution in [0.4, 0.5) is 0 Å². The van der Waals surface area contributed by atoms with Crippen molar-refractivity contribution >= 4 is 0 Å². The van der Waals surface area contributed by atoms with Crippen LogP contribution < -0.4 is 22.4 Å². The van der Waals surface area contributed by atoms with E-state index in [2.05, 4.69) is 5.32 Å². The van der Waals surface area contributed by atoms with Gasteiger partial charge in [-0.05, 0) is 6.92 Å². The number of nitrogens with one attached hydrogen (secondary N) is 1. The van der Waals surface area contributed by atoms with Crippen molar-refractivity contribution in [2.24, 2.45) is 0 Å². The Balaban J connectivity index is 2.76. The molecule has 0 fully saturated rings. The second-order valence-electron chi connectivity index (χ2n) is 3.39. The third kappa shape index (κ3) is 1.15. The van der Waals surface area contributed by atoms with Crippen molar-refractivity contribution in [1.29, 1.82) is 0 Å². The molecule has 6 nitrogen and oxygen atoms in total. The van der Waals surface area contributed by atoms with E-state index in [4.69, 9.17) is 5.84 Å². The summed E-state index contributed by atoms with van der Waals surface area (Å²) in [6.45, 7) is 3.17. The molecule has 0 amide bonds. The number of aromatic nitrogens is 2. The lowest BCUT2D eigenvalue weighted by molar-refractivity contribution is 0.420. The van der Waals surface area contributed by atoms with Gasteiger partial charge >= 0.3 is 5.69 Å². The van der Waals surface area contributed by atoms with E-state index in [9.17, 15) is 9.59 Å². The fraction of sp³-hybridized carbons (Fsp3) is 0.500. The van der Waals surface area contributed by atoms with E-state index in [1.165, 1.54) is 10.6 Å². The van der Waals surface area contributed by atoms with Crippen molar-refractivity contribution < 1.29 is 0 Å². The second kappa shape index (κ2) is 2.98. The zero-order valence-corrected chi connectivity index (χ0v) is 7.86. The van der Waals surface area contributed by atoms with E-state index in [0.29, 0.717) is 23.5 Å². The van der Waals surface area contributed by atoms with Gasteiger partial charge in [0.15, 0.2) is 0 Å². The normalized spacial score (nSPS) is 20.5. The number of hydrogen-bond donors (Lipinski definition) is 2. The molecule has 6 heteroatoms. The van der Waals surface area contributed by atoms with E-state index in [1.54, 1.807) is 0 Å².